The number of carboxylic acid groups (broad SMARTS) is 1. The van der Waals surface area contributed by atoms with Crippen LogP contribution in [0.1, 0.15) is 5.56 Å². The van der Waals surface area contributed by atoms with E-state index in [4.69, 9.17) is 16.3 Å². The molecule has 0 amide bonds. The molecule has 70 valence electrons. The Bertz CT molecular complexity index is 323. The minimum absolute atomic E-state index is 0.367. The van der Waals surface area contributed by atoms with Gasteiger partial charge in [-0.1, -0.05) is 17.7 Å². The van der Waals surface area contributed by atoms with Crippen molar-refractivity contribution < 1.29 is 14.6 Å². The highest BCUT2D eigenvalue weighted by molar-refractivity contribution is 6.32. The molecule has 0 aliphatic carbocycles. The van der Waals surface area contributed by atoms with Crippen LogP contribution in [0.2, 0.25) is 5.02 Å². The molecular weight excluding hydrogens is 192 g/mol. The second-order valence-electron chi connectivity index (χ2n) is 2.59. The van der Waals surface area contributed by atoms with Crippen molar-refractivity contribution in [3.05, 3.63) is 28.8 Å². The summed E-state index contributed by atoms with van der Waals surface area (Å²) in [5, 5.41) is 10.5. The van der Waals surface area contributed by atoms with Gasteiger partial charge in [0.25, 0.3) is 0 Å². The van der Waals surface area contributed by atoms with E-state index in [-0.39, 0.29) is 0 Å². The number of carboxylic acids is 1. The van der Waals surface area contributed by atoms with Crippen LogP contribution in [-0.4, -0.2) is 12.6 Å². The Labute approximate surface area is 80.9 Å². The molecule has 0 unspecified atom stereocenters. The van der Waals surface area contributed by atoms with E-state index in [9.17, 15) is 9.90 Å². The van der Waals surface area contributed by atoms with Gasteiger partial charge in [0.15, 0.2) is 0 Å². The highest BCUT2D eigenvalue weighted by atomic mass is 35.5. The van der Waals surface area contributed by atoms with Crippen LogP contribution in [0.25, 0.3) is 0 Å². The van der Waals surface area contributed by atoms with Crippen LogP contribution in [-0.2, 0) is 4.79 Å². The van der Waals surface area contributed by atoms with Gasteiger partial charge in [-0.05, 0) is 24.6 Å². The predicted molar refractivity (Wildman–Crippen MR) is 46.7 cm³/mol. The summed E-state index contributed by atoms with van der Waals surface area (Å²) in [7, 11) is 0. The third-order valence-corrected chi connectivity index (χ3v) is 1.74. The first-order valence-corrected chi connectivity index (χ1v) is 4.06. The number of carbonyl (C=O) groups excluding carboxylic acids is 1. The molecule has 0 saturated carbocycles. The molecule has 1 rings (SSSR count). The van der Waals surface area contributed by atoms with Gasteiger partial charge in [0.2, 0.25) is 0 Å². The Morgan fingerprint density at radius 2 is 2.31 bits per heavy atom. The number of hydrogen-bond acceptors (Lipinski definition) is 3. The molecule has 0 aliphatic rings. The van der Waals surface area contributed by atoms with Crippen LogP contribution in [0.3, 0.4) is 0 Å². The van der Waals surface area contributed by atoms with Crippen LogP contribution in [0.15, 0.2) is 18.2 Å². The number of aliphatic carboxylic acids is 1. The van der Waals surface area contributed by atoms with Gasteiger partial charge in [0.1, 0.15) is 12.4 Å². The Morgan fingerprint density at radius 1 is 1.62 bits per heavy atom. The zero-order valence-electron chi connectivity index (χ0n) is 7.04. The van der Waals surface area contributed by atoms with E-state index >= 15 is 0 Å². The number of ether oxygens (including phenoxy) is 1. The zero-order valence-corrected chi connectivity index (χ0v) is 7.80. The van der Waals surface area contributed by atoms with Crippen molar-refractivity contribution in [1.29, 1.82) is 0 Å². The van der Waals surface area contributed by atoms with Gasteiger partial charge in [-0.15, -0.1) is 0 Å². The molecule has 0 N–H and O–H groups in total. The van der Waals surface area contributed by atoms with Crippen molar-refractivity contribution in [2.75, 3.05) is 6.61 Å². The lowest BCUT2D eigenvalue weighted by Gasteiger charge is -2.08. The molecule has 0 aromatic heterocycles. The van der Waals surface area contributed by atoms with Crippen molar-refractivity contribution in [3.8, 4) is 5.75 Å². The second-order valence-corrected chi connectivity index (χ2v) is 3.00. The van der Waals surface area contributed by atoms with Crippen LogP contribution >= 0.6 is 11.6 Å². The van der Waals surface area contributed by atoms with Gasteiger partial charge >= 0.3 is 0 Å². The Balaban J connectivity index is 2.75. The SMILES string of the molecule is Cc1ccc(Cl)c(OCC(=O)[O-])c1. The standard InChI is InChI=1S/C9H9ClO3/c1-6-2-3-7(10)8(4-6)13-5-9(11)12/h2-4H,5H2,1H3,(H,11,12)/p-1. The van der Waals surface area contributed by atoms with Crippen molar-refractivity contribution in [2.24, 2.45) is 0 Å². The molecule has 1 aromatic carbocycles. The monoisotopic (exact) mass is 199 g/mol. The average Bonchev–Trinajstić information content (AvgIpc) is 2.06. The maximum Gasteiger partial charge on any atom is 0.138 e. The number of carbonyl (C=O) groups is 1. The van der Waals surface area contributed by atoms with E-state index in [1.807, 2.05) is 13.0 Å². The quantitative estimate of drug-likeness (QED) is 0.723. The lowest BCUT2D eigenvalue weighted by Crippen LogP contribution is -2.29. The summed E-state index contributed by atoms with van der Waals surface area (Å²) in [6.07, 6.45) is 0. The molecule has 0 bridgehead atoms. The van der Waals surface area contributed by atoms with Gasteiger partial charge in [-0.3, -0.25) is 0 Å². The molecule has 0 heterocycles. The summed E-state index contributed by atoms with van der Waals surface area (Å²) in [5.41, 5.74) is 0.956. The van der Waals surface area contributed by atoms with Gasteiger partial charge in [0, 0.05) is 0 Å². The summed E-state index contributed by atoms with van der Waals surface area (Å²) in [4.78, 5) is 10.1. The zero-order chi connectivity index (χ0) is 9.84. The molecule has 3 nitrogen and oxygen atoms in total. The van der Waals surface area contributed by atoms with E-state index in [2.05, 4.69) is 0 Å². The molecule has 0 atom stereocenters. The molecule has 0 aliphatic heterocycles. The van der Waals surface area contributed by atoms with Crippen molar-refractivity contribution in [2.45, 2.75) is 6.92 Å². The molecule has 13 heavy (non-hydrogen) atoms. The Kier molecular flexibility index (Phi) is 3.14. The summed E-state index contributed by atoms with van der Waals surface area (Å²) in [5.74, 6) is -0.900. The molecular formula is C9H8ClO3-. The number of benzene rings is 1. The normalized spacial score (nSPS) is 9.69. The van der Waals surface area contributed by atoms with Crippen LogP contribution in [0.5, 0.6) is 5.75 Å². The Hall–Kier alpha value is -1.22. The second kappa shape index (κ2) is 4.14. The first-order valence-electron chi connectivity index (χ1n) is 3.68. The van der Waals surface area contributed by atoms with Crippen LogP contribution in [0, 0.1) is 6.92 Å². The van der Waals surface area contributed by atoms with E-state index in [0.29, 0.717) is 10.8 Å². The lowest BCUT2D eigenvalue weighted by molar-refractivity contribution is -0.307. The van der Waals surface area contributed by atoms with E-state index in [1.54, 1.807) is 12.1 Å². The molecule has 0 fully saturated rings. The highest BCUT2D eigenvalue weighted by Gasteiger charge is 2.00. The maximum atomic E-state index is 10.1. The predicted octanol–water partition coefficient (Wildman–Crippen LogP) is 0.777. The smallest absolute Gasteiger partial charge is 0.138 e. The highest BCUT2D eigenvalue weighted by Crippen LogP contribution is 2.24. The summed E-state index contributed by atoms with van der Waals surface area (Å²) >= 11 is 5.74. The largest absolute Gasteiger partial charge is 0.546 e. The maximum absolute atomic E-state index is 10.1. The van der Waals surface area contributed by atoms with E-state index in [0.717, 1.165) is 5.56 Å². The van der Waals surface area contributed by atoms with Gasteiger partial charge in [0.05, 0.1) is 11.0 Å². The van der Waals surface area contributed by atoms with E-state index < -0.39 is 12.6 Å². The van der Waals surface area contributed by atoms with E-state index in [1.165, 1.54) is 0 Å². The first kappa shape index (κ1) is 9.86. The summed E-state index contributed by atoms with van der Waals surface area (Å²) in [6.45, 7) is 1.38. The van der Waals surface area contributed by atoms with Crippen molar-refractivity contribution in [1.82, 2.24) is 0 Å². The number of aryl methyl sites for hydroxylation is 1. The van der Waals surface area contributed by atoms with Crippen molar-refractivity contribution in [3.63, 3.8) is 0 Å². The minimum Gasteiger partial charge on any atom is -0.546 e. The molecule has 0 saturated heterocycles. The van der Waals surface area contributed by atoms with Crippen LogP contribution < -0.4 is 9.84 Å². The average molecular weight is 200 g/mol. The fraction of sp³-hybridized carbons (Fsp3) is 0.222. The fourth-order valence-corrected chi connectivity index (χ4v) is 1.03. The number of hydrogen-bond donors (Lipinski definition) is 0. The minimum atomic E-state index is -1.27. The summed E-state index contributed by atoms with van der Waals surface area (Å²) < 4.78 is 4.89. The molecule has 0 radical (unpaired) electrons. The molecule has 0 spiro atoms. The molecule has 1 aromatic rings. The Morgan fingerprint density at radius 3 is 2.92 bits per heavy atom. The van der Waals surface area contributed by atoms with Crippen LogP contribution in [0.4, 0.5) is 0 Å². The molecule has 4 heteroatoms. The number of rotatable bonds is 3. The third-order valence-electron chi connectivity index (χ3n) is 1.43. The fourth-order valence-electron chi connectivity index (χ4n) is 0.858. The van der Waals surface area contributed by atoms with Gasteiger partial charge in [-0.2, -0.15) is 0 Å². The third kappa shape index (κ3) is 2.95. The van der Waals surface area contributed by atoms with Gasteiger partial charge < -0.3 is 14.6 Å². The number of halogens is 1. The topological polar surface area (TPSA) is 49.4 Å². The van der Waals surface area contributed by atoms with Gasteiger partial charge in [-0.25, -0.2) is 0 Å². The van der Waals surface area contributed by atoms with Crippen molar-refractivity contribution >= 4 is 17.6 Å². The summed E-state index contributed by atoms with van der Waals surface area (Å²) in [6, 6.07) is 5.14. The first-order chi connectivity index (χ1) is 6.09. The lowest BCUT2D eigenvalue weighted by atomic mass is 10.2.